The summed E-state index contributed by atoms with van der Waals surface area (Å²) in [7, 11) is 0. The molecule has 0 spiro atoms. The van der Waals surface area contributed by atoms with Gasteiger partial charge < -0.3 is 10.6 Å². The molecule has 2 rings (SSSR count). The van der Waals surface area contributed by atoms with E-state index in [0.29, 0.717) is 11.3 Å². The third-order valence-corrected chi connectivity index (χ3v) is 5.23. The molecule has 0 saturated heterocycles. The standard InChI is InChI=1S/C21H26N2O2S/c1-5-15(3)22-21(25)18-8-6-7-9-19(18)23-20(24)16(4)26-17-12-10-14(2)11-13-17/h6-13,15-16H,5H2,1-4H3,(H,22,25)(H,23,24)/t15-,16+/m1/s1. The molecule has 0 radical (unpaired) electrons. The Labute approximate surface area is 159 Å². The fraction of sp³-hybridized carbons (Fsp3) is 0.333. The minimum atomic E-state index is -0.275. The summed E-state index contributed by atoms with van der Waals surface area (Å²) in [5.41, 5.74) is 2.20. The van der Waals surface area contributed by atoms with Gasteiger partial charge in [0.15, 0.2) is 0 Å². The fourth-order valence-corrected chi connectivity index (χ4v) is 3.17. The minimum Gasteiger partial charge on any atom is -0.350 e. The molecule has 0 unspecified atom stereocenters. The van der Waals surface area contributed by atoms with Crippen molar-refractivity contribution in [3.63, 3.8) is 0 Å². The number of carbonyl (C=O) groups is 2. The lowest BCUT2D eigenvalue weighted by atomic mass is 10.1. The summed E-state index contributed by atoms with van der Waals surface area (Å²) in [6.45, 7) is 7.87. The molecule has 0 fully saturated rings. The molecule has 26 heavy (non-hydrogen) atoms. The van der Waals surface area contributed by atoms with Crippen molar-refractivity contribution in [3.8, 4) is 0 Å². The van der Waals surface area contributed by atoms with E-state index < -0.39 is 0 Å². The summed E-state index contributed by atoms with van der Waals surface area (Å²) in [6, 6.07) is 15.3. The van der Waals surface area contributed by atoms with Gasteiger partial charge in [-0.2, -0.15) is 0 Å². The first-order valence-corrected chi connectivity index (χ1v) is 9.72. The lowest BCUT2D eigenvalue weighted by molar-refractivity contribution is -0.115. The van der Waals surface area contributed by atoms with Gasteiger partial charge in [-0.25, -0.2) is 0 Å². The number of rotatable bonds is 7. The monoisotopic (exact) mass is 370 g/mol. The lowest BCUT2D eigenvalue weighted by Gasteiger charge is -2.16. The molecule has 0 saturated carbocycles. The van der Waals surface area contributed by atoms with Crippen molar-refractivity contribution in [1.82, 2.24) is 5.32 Å². The number of amides is 2. The molecule has 0 aromatic heterocycles. The first-order valence-electron chi connectivity index (χ1n) is 8.84. The Kier molecular flexibility index (Phi) is 7.27. The van der Waals surface area contributed by atoms with Crippen LogP contribution < -0.4 is 10.6 Å². The number of thioether (sulfide) groups is 1. The summed E-state index contributed by atoms with van der Waals surface area (Å²) < 4.78 is 0. The summed E-state index contributed by atoms with van der Waals surface area (Å²) >= 11 is 1.50. The van der Waals surface area contributed by atoms with E-state index in [9.17, 15) is 9.59 Å². The van der Waals surface area contributed by atoms with Gasteiger partial charge in [-0.3, -0.25) is 9.59 Å². The predicted molar refractivity (Wildman–Crippen MR) is 109 cm³/mol. The molecule has 2 atom stereocenters. The molecule has 2 aromatic rings. The highest BCUT2D eigenvalue weighted by atomic mass is 32.2. The quantitative estimate of drug-likeness (QED) is 0.698. The number of benzene rings is 2. The van der Waals surface area contributed by atoms with Gasteiger partial charge in [0.2, 0.25) is 5.91 Å². The maximum Gasteiger partial charge on any atom is 0.253 e. The maximum absolute atomic E-state index is 12.6. The molecule has 2 N–H and O–H groups in total. The van der Waals surface area contributed by atoms with Crippen LogP contribution in [0.15, 0.2) is 53.4 Å². The van der Waals surface area contributed by atoms with Crippen molar-refractivity contribution in [2.45, 2.75) is 50.3 Å². The van der Waals surface area contributed by atoms with Crippen molar-refractivity contribution in [1.29, 1.82) is 0 Å². The fourth-order valence-electron chi connectivity index (χ4n) is 2.30. The van der Waals surface area contributed by atoms with Crippen LogP contribution in [0, 0.1) is 6.92 Å². The average molecular weight is 371 g/mol. The van der Waals surface area contributed by atoms with Gasteiger partial charge in [0, 0.05) is 10.9 Å². The summed E-state index contributed by atoms with van der Waals surface area (Å²) in [5.74, 6) is -0.298. The SMILES string of the molecule is CC[C@@H](C)NC(=O)c1ccccc1NC(=O)[C@H](C)Sc1ccc(C)cc1. The normalized spacial score (nSPS) is 12.9. The summed E-state index contributed by atoms with van der Waals surface area (Å²) in [4.78, 5) is 26.1. The van der Waals surface area contributed by atoms with Gasteiger partial charge in [0.05, 0.1) is 16.5 Å². The molecule has 138 valence electrons. The van der Waals surface area contributed by atoms with E-state index in [2.05, 4.69) is 10.6 Å². The molecule has 2 amide bonds. The second-order valence-electron chi connectivity index (χ2n) is 6.39. The Morgan fingerprint density at radius 2 is 1.69 bits per heavy atom. The Morgan fingerprint density at radius 1 is 1.04 bits per heavy atom. The highest BCUT2D eigenvalue weighted by Gasteiger charge is 2.18. The van der Waals surface area contributed by atoms with Crippen molar-refractivity contribution < 1.29 is 9.59 Å². The zero-order valence-electron chi connectivity index (χ0n) is 15.7. The molecule has 4 nitrogen and oxygen atoms in total. The number of hydrogen-bond acceptors (Lipinski definition) is 3. The Bertz CT molecular complexity index is 759. The first kappa shape index (κ1) is 20.0. The van der Waals surface area contributed by atoms with Gasteiger partial charge in [-0.05, 0) is 51.5 Å². The Balaban J connectivity index is 2.06. The zero-order chi connectivity index (χ0) is 19.1. The van der Waals surface area contributed by atoms with Crippen molar-refractivity contribution in [3.05, 3.63) is 59.7 Å². The number of nitrogens with one attached hydrogen (secondary N) is 2. The number of para-hydroxylation sites is 1. The molecule has 0 bridgehead atoms. The van der Waals surface area contributed by atoms with Crippen LogP contribution in [0.5, 0.6) is 0 Å². The van der Waals surface area contributed by atoms with Crippen LogP contribution in [-0.2, 0) is 4.79 Å². The molecule has 0 aliphatic rings. The maximum atomic E-state index is 12.6. The van der Waals surface area contributed by atoms with Gasteiger partial charge in [-0.15, -0.1) is 11.8 Å². The second-order valence-corrected chi connectivity index (χ2v) is 7.80. The highest BCUT2D eigenvalue weighted by molar-refractivity contribution is 8.00. The zero-order valence-corrected chi connectivity index (χ0v) is 16.5. The van der Waals surface area contributed by atoms with Gasteiger partial charge in [0.25, 0.3) is 5.91 Å². The Hall–Kier alpha value is -2.27. The van der Waals surface area contributed by atoms with Crippen LogP contribution in [0.1, 0.15) is 43.1 Å². The number of carbonyl (C=O) groups excluding carboxylic acids is 2. The molecule has 0 aliphatic carbocycles. The Morgan fingerprint density at radius 3 is 2.35 bits per heavy atom. The average Bonchev–Trinajstić information content (AvgIpc) is 2.63. The van der Waals surface area contributed by atoms with Crippen molar-refractivity contribution >= 4 is 29.3 Å². The van der Waals surface area contributed by atoms with E-state index in [0.717, 1.165) is 11.3 Å². The van der Waals surface area contributed by atoms with Crippen LogP contribution in [0.25, 0.3) is 0 Å². The lowest BCUT2D eigenvalue weighted by Crippen LogP contribution is -2.33. The van der Waals surface area contributed by atoms with Crippen LogP contribution in [0.4, 0.5) is 5.69 Å². The molecule has 0 aliphatic heterocycles. The van der Waals surface area contributed by atoms with Crippen molar-refractivity contribution in [2.75, 3.05) is 5.32 Å². The number of anilines is 1. The van der Waals surface area contributed by atoms with Crippen LogP contribution in [0.2, 0.25) is 0 Å². The minimum absolute atomic E-state index is 0.0854. The van der Waals surface area contributed by atoms with Crippen molar-refractivity contribution in [2.24, 2.45) is 0 Å². The summed E-state index contributed by atoms with van der Waals surface area (Å²) in [5, 5.41) is 5.56. The molecular formula is C21H26N2O2S. The number of hydrogen-bond donors (Lipinski definition) is 2. The first-order chi connectivity index (χ1) is 12.4. The van der Waals surface area contributed by atoms with Gasteiger partial charge in [-0.1, -0.05) is 36.8 Å². The van der Waals surface area contributed by atoms with E-state index in [1.165, 1.54) is 17.3 Å². The molecule has 2 aromatic carbocycles. The van der Waals surface area contributed by atoms with E-state index in [1.54, 1.807) is 18.2 Å². The van der Waals surface area contributed by atoms with E-state index in [-0.39, 0.29) is 23.1 Å². The van der Waals surface area contributed by atoms with E-state index in [4.69, 9.17) is 0 Å². The largest absolute Gasteiger partial charge is 0.350 e. The van der Waals surface area contributed by atoms with Crippen LogP contribution in [-0.4, -0.2) is 23.1 Å². The highest BCUT2D eigenvalue weighted by Crippen LogP contribution is 2.25. The third-order valence-electron chi connectivity index (χ3n) is 4.12. The van der Waals surface area contributed by atoms with E-state index >= 15 is 0 Å². The smallest absolute Gasteiger partial charge is 0.253 e. The van der Waals surface area contributed by atoms with E-state index in [1.807, 2.05) is 58.0 Å². The van der Waals surface area contributed by atoms with Gasteiger partial charge in [0.1, 0.15) is 0 Å². The number of aryl methyl sites for hydroxylation is 1. The van der Waals surface area contributed by atoms with Crippen LogP contribution >= 0.6 is 11.8 Å². The van der Waals surface area contributed by atoms with Gasteiger partial charge >= 0.3 is 0 Å². The second kappa shape index (κ2) is 9.43. The summed E-state index contributed by atoms with van der Waals surface area (Å²) in [6.07, 6.45) is 0.852. The topological polar surface area (TPSA) is 58.2 Å². The predicted octanol–water partition coefficient (Wildman–Crippen LogP) is 4.64. The molecular weight excluding hydrogens is 344 g/mol. The van der Waals surface area contributed by atoms with Crippen LogP contribution in [0.3, 0.4) is 0 Å². The molecule has 0 heterocycles. The third kappa shape index (κ3) is 5.63. The molecule has 5 heteroatoms.